The van der Waals surface area contributed by atoms with Crippen LogP contribution in [0.4, 0.5) is 14.5 Å². The van der Waals surface area contributed by atoms with Crippen LogP contribution in [0.5, 0.6) is 0 Å². The van der Waals surface area contributed by atoms with Crippen LogP contribution in [0, 0.1) is 24.6 Å². The van der Waals surface area contributed by atoms with Crippen LogP contribution in [0.3, 0.4) is 0 Å². The van der Waals surface area contributed by atoms with Crippen molar-refractivity contribution >= 4 is 22.3 Å². The van der Waals surface area contributed by atoms with Gasteiger partial charge < -0.3 is 10.3 Å². The largest absolute Gasteiger partial charge is 0.358 e. The van der Waals surface area contributed by atoms with Crippen LogP contribution in [0.25, 0.3) is 27.9 Å². The van der Waals surface area contributed by atoms with Crippen molar-refractivity contribution in [3.8, 4) is 24.1 Å². The molecule has 196 valence electrons. The van der Waals surface area contributed by atoms with Gasteiger partial charge in [0.1, 0.15) is 28.7 Å². The van der Waals surface area contributed by atoms with Gasteiger partial charge in [0, 0.05) is 41.2 Å². The van der Waals surface area contributed by atoms with Crippen molar-refractivity contribution in [2.45, 2.75) is 26.2 Å². The molecule has 3 heterocycles. The molecule has 0 spiro atoms. The monoisotopic (exact) mass is 521 g/mol. The molecule has 0 unspecified atom stereocenters. The number of anilines is 1. The van der Waals surface area contributed by atoms with Gasteiger partial charge in [0.2, 0.25) is 0 Å². The number of pyridine rings is 2. The van der Waals surface area contributed by atoms with Crippen molar-refractivity contribution in [1.82, 2.24) is 19.9 Å². The third kappa shape index (κ3) is 6.19. The first-order chi connectivity index (χ1) is 18.9. The first-order valence-corrected chi connectivity index (χ1v) is 12.5. The maximum atomic E-state index is 15.8. The van der Waals surface area contributed by atoms with Crippen molar-refractivity contribution in [3.05, 3.63) is 115 Å². The number of rotatable bonds is 9. The van der Waals surface area contributed by atoms with Crippen LogP contribution in [0.15, 0.2) is 97.4 Å². The predicted octanol–water partition coefficient (Wildman–Crippen LogP) is 7.80. The fourth-order valence-corrected chi connectivity index (χ4v) is 4.22. The maximum absolute atomic E-state index is 15.8. The second-order valence-electron chi connectivity index (χ2n) is 9.10. The lowest BCUT2D eigenvalue weighted by Crippen LogP contribution is -2.01. The van der Waals surface area contributed by atoms with E-state index in [-0.39, 0.29) is 17.8 Å². The smallest absolute Gasteiger partial charge is 0.134 e. The first kappa shape index (κ1) is 27.2. The average molecular weight is 522 g/mol. The third-order valence-corrected chi connectivity index (χ3v) is 6.31. The summed E-state index contributed by atoms with van der Waals surface area (Å²) in [5.41, 5.74) is 4.93. The van der Waals surface area contributed by atoms with Crippen molar-refractivity contribution in [2.24, 2.45) is 5.92 Å². The van der Waals surface area contributed by atoms with Gasteiger partial charge in [-0.25, -0.2) is 13.8 Å². The van der Waals surface area contributed by atoms with E-state index in [0.29, 0.717) is 45.2 Å². The Kier molecular flexibility index (Phi) is 8.47. The molecule has 0 amide bonds. The summed E-state index contributed by atoms with van der Waals surface area (Å²) in [5, 5.41) is 3.27. The number of benzene rings is 1. The maximum Gasteiger partial charge on any atom is 0.134 e. The summed E-state index contributed by atoms with van der Waals surface area (Å²) in [7, 11) is 0. The van der Waals surface area contributed by atoms with Crippen LogP contribution < -0.4 is 5.32 Å². The minimum absolute atomic E-state index is 0.185. The molecule has 0 saturated heterocycles. The number of halogens is 2. The Balaban J connectivity index is 0.00000172. The lowest BCUT2D eigenvalue weighted by atomic mass is 10.0. The Morgan fingerprint density at radius 1 is 1.18 bits per heavy atom. The highest BCUT2D eigenvalue weighted by atomic mass is 19.1. The summed E-state index contributed by atoms with van der Waals surface area (Å²) >= 11 is 0. The molecule has 0 atom stereocenters. The van der Waals surface area contributed by atoms with Gasteiger partial charge in [-0.1, -0.05) is 37.4 Å². The summed E-state index contributed by atoms with van der Waals surface area (Å²) in [6.45, 7) is 9.91. The fourth-order valence-electron chi connectivity index (χ4n) is 4.22. The Morgan fingerprint density at radius 3 is 2.67 bits per heavy atom. The number of hydrogen-bond donors (Lipinski definition) is 2. The number of allylic oxidation sites excluding steroid dienone is 6. The van der Waals surface area contributed by atoms with Crippen LogP contribution >= 0.6 is 0 Å². The Morgan fingerprint density at radius 2 is 1.95 bits per heavy atom. The molecule has 1 aliphatic rings. The van der Waals surface area contributed by atoms with Crippen LogP contribution in [-0.2, 0) is 6.42 Å². The number of imidazole rings is 1. The van der Waals surface area contributed by atoms with Gasteiger partial charge in [-0.3, -0.25) is 9.97 Å². The third-order valence-electron chi connectivity index (χ3n) is 6.31. The molecule has 1 fully saturated rings. The normalized spacial score (nSPS) is 13.5. The van der Waals surface area contributed by atoms with E-state index in [0.717, 1.165) is 24.2 Å². The topological polar surface area (TPSA) is 66.5 Å². The number of aromatic amines is 1. The van der Waals surface area contributed by atoms with Crippen molar-refractivity contribution in [3.63, 3.8) is 0 Å². The highest BCUT2D eigenvalue weighted by molar-refractivity contribution is 5.89. The molecule has 0 radical (unpaired) electrons. The molecule has 7 heteroatoms. The van der Waals surface area contributed by atoms with Crippen LogP contribution in [0.2, 0.25) is 0 Å². The lowest BCUT2D eigenvalue weighted by molar-refractivity contribution is 0.631. The highest BCUT2D eigenvalue weighted by Gasteiger charge is 2.24. The highest BCUT2D eigenvalue weighted by Crippen LogP contribution is 2.36. The molecule has 5 nitrogen and oxygen atoms in total. The van der Waals surface area contributed by atoms with Crippen molar-refractivity contribution in [1.29, 1.82) is 0 Å². The molecule has 1 saturated carbocycles. The number of nitrogens with zero attached hydrogens (tertiary/aromatic N) is 3. The molecular formula is C32H29F2N5. The van der Waals surface area contributed by atoms with Crippen LogP contribution in [0.1, 0.15) is 31.2 Å². The predicted molar refractivity (Wildman–Crippen MR) is 155 cm³/mol. The number of H-pyrrole nitrogens is 1. The summed E-state index contributed by atoms with van der Waals surface area (Å²) in [6.07, 6.45) is 18.8. The van der Waals surface area contributed by atoms with Gasteiger partial charge in [-0.05, 0) is 55.5 Å². The Hall–Kier alpha value is -4.83. The Labute approximate surface area is 227 Å². The molecule has 1 aliphatic carbocycles. The number of terminal acetylenes is 1. The zero-order valence-electron chi connectivity index (χ0n) is 21.7. The first-order valence-electron chi connectivity index (χ1n) is 12.5. The number of aromatic nitrogens is 4. The molecular weight excluding hydrogens is 492 g/mol. The zero-order valence-corrected chi connectivity index (χ0v) is 21.7. The molecule has 0 bridgehead atoms. The average Bonchev–Trinajstić information content (AvgIpc) is 3.73. The van der Waals surface area contributed by atoms with E-state index in [1.54, 1.807) is 55.0 Å². The van der Waals surface area contributed by atoms with E-state index in [1.165, 1.54) is 6.07 Å². The molecule has 3 aromatic heterocycles. The number of hydrogen-bond acceptors (Lipinski definition) is 4. The fraction of sp³-hybridized carbons (Fsp3) is 0.156. The summed E-state index contributed by atoms with van der Waals surface area (Å²) in [5.74, 6) is 0.189. The SMILES string of the molecule is C#C.C=C(/C(F)=C(\C=C/C)Cc1nc2c(-c3ccccc3F)nccc2[nH]1)c1cncc(NC(=C)C2CC2)c1. The second-order valence-corrected chi connectivity index (χ2v) is 9.10. The summed E-state index contributed by atoms with van der Waals surface area (Å²) in [6, 6.07) is 10.0. The van der Waals surface area contributed by atoms with Gasteiger partial charge in [0.25, 0.3) is 0 Å². The van der Waals surface area contributed by atoms with E-state index >= 15 is 4.39 Å². The molecule has 0 aliphatic heterocycles. The van der Waals surface area contributed by atoms with Gasteiger partial charge in [-0.15, -0.1) is 12.8 Å². The molecule has 39 heavy (non-hydrogen) atoms. The van der Waals surface area contributed by atoms with E-state index in [9.17, 15) is 4.39 Å². The van der Waals surface area contributed by atoms with Crippen LogP contribution in [-0.4, -0.2) is 19.9 Å². The number of nitrogens with one attached hydrogen (secondary N) is 2. The van der Waals surface area contributed by atoms with E-state index < -0.39 is 5.83 Å². The number of fused-ring (bicyclic) bond motifs is 1. The standard InChI is InChI=1S/C30H27F2N5.C2H2/c1-4-7-21(28(32)18(2)22-14-23(17-33-16-22)35-19(3)20-10-11-20)15-27-36-26-12-13-34-29(30(26)37-27)24-8-5-6-9-25(24)31;1-2/h4-9,12-14,16-17,20,35H,2-3,10-11,15H2,1H3,(H,36,37);1-2H/b7-4-,28-21-;. The quantitative estimate of drug-likeness (QED) is 0.174. The van der Waals surface area contributed by atoms with Crippen molar-refractivity contribution in [2.75, 3.05) is 5.32 Å². The van der Waals surface area contributed by atoms with Gasteiger partial charge in [0.15, 0.2) is 0 Å². The molecule has 4 aromatic rings. The van der Waals surface area contributed by atoms with Gasteiger partial charge >= 0.3 is 0 Å². The van der Waals surface area contributed by atoms with Gasteiger partial charge in [-0.2, -0.15) is 0 Å². The minimum Gasteiger partial charge on any atom is -0.358 e. The molecule has 2 N–H and O–H groups in total. The summed E-state index contributed by atoms with van der Waals surface area (Å²) in [4.78, 5) is 16.5. The van der Waals surface area contributed by atoms with E-state index in [4.69, 9.17) is 0 Å². The van der Waals surface area contributed by atoms with Gasteiger partial charge in [0.05, 0.1) is 17.4 Å². The Bertz CT molecular complexity index is 1610. The summed E-state index contributed by atoms with van der Waals surface area (Å²) < 4.78 is 30.2. The second kappa shape index (κ2) is 12.1. The lowest BCUT2D eigenvalue weighted by Gasteiger charge is -2.11. The molecule has 5 rings (SSSR count). The molecule has 1 aromatic carbocycles. The van der Waals surface area contributed by atoms with E-state index in [2.05, 4.69) is 51.3 Å². The van der Waals surface area contributed by atoms with Crippen molar-refractivity contribution < 1.29 is 8.78 Å². The van der Waals surface area contributed by atoms with E-state index in [1.807, 2.05) is 13.0 Å². The zero-order chi connectivity index (χ0) is 27.9. The minimum atomic E-state index is -0.453.